The molecule has 0 amide bonds. The van der Waals surface area contributed by atoms with Crippen molar-refractivity contribution < 1.29 is 14.1 Å². The zero-order valence-electron chi connectivity index (χ0n) is 9.06. The predicted molar refractivity (Wildman–Crippen MR) is 57.8 cm³/mol. The largest absolute Gasteiger partial charge is 0.451 e. The summed E-state index contributed by atoms with van der Waals surface area (Å²) in [6.45, 7) is 3.25. The lowest BCUT2D eigenvalue weighted by Crippen LogP contribution is -1.96. The van der Waals surface area contributed by atoms with E-state index in [9.17, 15) is 4.79 Å². The van der Waals surface area contributed by atoms with Gasteiger partial charge < -0.3 is 9.26 Å². The van der Waals surface area contributed by atoms with Crippen molar-refractivity contribution >= 4 is 5.78 Å². The molecule has 0 N–H and O–H groups in total. The van der Waals surface area contributed by atoms with Crippen LogP contribution in [0.5, 0.6) is 11.5 Å². The maximum absolute atomic E-state index is 11.4. The molecule has 4 nitrogen and oxygen atoms in total. The molecule has 0 bridgehead atoms. The van der Waals surface area contributed by atoms with Gasteiger partial charge in [0.25, 0.3) is 0 Å². The molecule has 0 aliphatic heterocycles. The Labute approximate surface area is 92.8 Å². The summed E-state index contributed by atoms with van der Waals surface area (Å²) in [4.78, 5) is 11.4. The first-order valence-electron chi connectivity index (χ1n) is 4.87. The Balaban J connectivity index is 2.35. The van der Waals surface area contributed by atoms with Crippen LogP contribution in [-0.4, -0.2) is 10.9 Å². The number of aromatic nitrogens is 1. The summed E-state index contributed by atoms with van der Waals surface area (Å²) in [7, 11) is 0. The molecule has 0 radical (unpaired) electrons. The summed E-state index contributed by atoms with van der Waals surface area (Å²) < 4.78 is 10.4. The van der Waals surface area contributed by atoms with Gasteiger partial charge in [0.05, 0.1) is 5.56 Å². The molecule has 0 unspecified atom stereocenters. The number of aryl methyl sites for hydroxylation is 1. The van der Waals surface area contributed by atoms with E-state index in [1.165, 1.54) is 13.1 Å². The lowest BCUT2D eigenvalue weighted by Gasteiger charge is -2.06. The summed E-state index contributed by atoms with van der Waals surface area (Å²) in [6, 6.07) is 7.07. The third-order valence-corrected chi connectivity index (χ3v) is 2.19. The fourth-order valence-electron chi connectivity index (χ4n) is 1.35. The molecular formula is C12H11NO3. The van der Waals surface area contributed by atoms with E-state index < -0.39 is 0 Å². The van der Waals surface area contributed by atoms with Gasteiger partial charge in [0.15, 0.2) is 17.3 Å². The van der Waals surface area contributed by atoms with Crippen molar-refractivity contribution in [3.05, 3.63) is 41.8 Å². The number of ketones is 1. The van der Waals surface area contributed by atoms with E-state index in [1.54, 1.807) is 25.1 Å². The maximum atomic E-state index is 11.4. The summed E-state index contributed by atoms with van der Waals surface area (Å²) in [6.07, 6.45) is 1.48. The van der Waals surface area contributed by atoms with Gasteiger partial charge >= 0.3 is 0 Å². The van der Waals surface area contributed by atoms with E-state index in [2.05, 4.69) is 5.16 Å². The van der Waals surface area contributed by atoms with Gasteiger partial charge in [0, 0.05) is 6.92 Å². The molecule has 82 valence electrons. The molecule has 0 aliphatic rings. The highest BCUT2D eigenvalue weighted by molar-refractivity contribution is 5.96. The third kappa shape index (κ3) is 1.95. The van der Waals surface area contributed by atoms with Crippen LogP contribution >= 0.6 is 0 Å². The van der Waals surface area contributed by atoms with Crippen molar-refractivity contribution in [3.8, 4) is 11.5 Å². The van der Waals surface area contributed by atoms with Crippen LogP contribution in [0.1, 0.15) is 23.0 Å². The molecule has 0 saturated heterocycles. The zero-order valence-corrected chi connectivity index (χ0v) is 9.06. The van der Waals surface area contributed by atoms with E-state index >= 15 is 0 Å². The Bertz CT molecular complexity index is 516. The lowest BCUT2D eigenvalue weighted by atomic mass is 10.1. The summed E-state index contributed by atoms with van der Waals surface area (Å²) >= 11 is 0. The molecule has 1 aromatic carbocycles. The van der Waals surface area contributed by atoms with Gasteiger partial charge in [-0.2, -0.15) is 0 Å². The average Bonchev–Trinajstić information content (AvgIpc) is 2.65. The number of rotatable bonds is 3. The number of hydrogen-bond donors (Lipinski definition) is 0. The van der Waals surface area contributed by atoms with Gasteiger partial charge in [0.1, 0.15) is 11.9 Å². The first-order chi connectivity index (χ1) is 7.68. The number of para-hydroxylation sites is 1. The smallest absolute Gasteiger partial charge is 0.189 e. The first kappa shape index (κ1) is 10.4. The quantitative estimate of drug-likeness (QED) is 0.741. The highest BCUT2D eigenvalue weighted by Crippen LogP contribution is 2.27. The van der Waals surface area contributed by atoms with E-state index in [4.69, 9.17) is 9.26 Å². The Morgan fingerprint density at radius 2 is 2.06 bits per heavy atom. The fraction of sp³-hybridized carbons (Fsp3) is 0.167. The number of benzene rings is 1. The molecule has 4 heteroatoms. The van der Waals surface area contributed by atoms with Crippen LogP contribution in [0, 0.1) is 6.92 Å². The van der Waals surface area contributed by atoms with Gasteiger partial charge in [-0.15, -0.1) is 0 Å². The van der Waals surface area contributed by atoms with Crippen LogP contribution in [0.3, 0.4) is 0 Å². The average molecular weight is 217 g/mol. The Kier molecular flexibility index (Phi) is 2.72. The summed E-state index contributed by atoms with van der Waals surface area (Å²) in [5.41, 5.74) is 0.545. The number of hydrogen-bond acceptors (Lipinski definition) is 4. The molecule has 0 atom stereocenters. The van der Waals surface area contributed by atoms with Crippen molar-refractivity contribution in [1.82, 2.24) is 5.16 Å². The van der Waals surface area contributed by atoms with E-state index in [1.807, 2.05) is 6.07 Å². The molecule has 1 heterocycles. The molecular weight excluding hydrogens is 206 g/mol. The van der Waals surface area contributed by atoms with E-state index in [0.717, 1.165) is 0 Å². The maximum Gasteiger partial charge on any atom is 0.189 e. The summed E-state index contributed by atoms with van der Waals surface area (Å²) in [5, 5.41) is 3.61. The van der Waals surface area contributed by atoms with E-state index in [-0.39, 0.29) is 5.78 Å². The standard InChI is InChI=1S/C12H11NO3/c1-8(14)10-5-3-4-6-11(10)15-12-7-13-16-9(12)2/h3-7H,1-2H3. The molecule has 0 fully saturated rings. The van der Waals surface area contributed by atoms with Crippen LogP contribution in [0.25, 0.3) is 0 Å². The second-order valence-electron chi connectivity index (χ2n) is 3.40. The number of carbonyl (C=O) groups excluding carboxylic acids is 1. The lowest BCUT2D eigenvalue weighted by molar-refractivity contribution is 0.101. The minimum absolute atomic E-state index is 0.0373. The second-order valence-corrected chi connectivity index (χ2v) is 3.40. The molecule has 0 saturated carbocycles. The molecule has 1 aromatic heterocycles. The highest BCUT2D eigenvalue weighted by Gasteiger charge is 2.11. The minimum Gasteiger partial charge on any atom is -0.451 e. The first-order valence-corrected chi connectivity index (χ1v) is 4.87. The third-order valence-electron chi connectivity index (χ3n) is 2.19. The minimum atomic E-state index is -0.0373. The molecule has 0 spiro atoms. The van der Waals surface area contributed by atoms with Crippen molar-refractivity contribution in [1.29, 1.82) is 0 Å². The summed E-state index contributed by atoms with van der Waals surface area (Å²) in [5.74, 6) is 1.58. The van der Waals surface area contributed by atoms with E-state index in [0.29, 0.717) is 22.8 Å². The van der Waals surface area contributed by atoms with Gasteiger partial charge in [-0.3, -0.25) is 4.79 Å². The van der Waals surface area contributed by atoms with Crippen LogP contribution in [0.4, 0.5) is 0 Å². The van der Waals surface area contributed by atoms with Crippen molar-refractivity contribution in [2.24, 2.45) is 0 Å². The van der Waals surface area contributed by atoms with Crippen molar-refractivity contribution in [2.45, 2.75) is 13.8 Å². The van der Waals surface area contributed by atoms with Crippen LogP contribution in [0.15, 0.2) is 35.0 Å². The second kappa shape index (κ2) is 4.18. The number of Topliss-reactive ketones (excluding diaryl/α,β-unsaturated/α-hetero) is 1. The van der Waals surface area contributed by atoms with Crippen molar-refractivity contribution in [3.63, 3.8) is 0 Å². The molecule has 2 aromatic rings. The van der Waals surface area contributed by atoms with Gasteiger partial charge in [-0.1, -0.05) is 17.3 Å². The predicted octanol–water partition coefficient (Wildman–Crippen LogP) is 2.98. The van der Waals surface area contributed by atoms with Gasteiger partial charge in [0.2, 0.25) is 0 Å². The Hall–Kier alpha value is -2.10. The zero-order chi connectivity index (χ0) is 11.5. The van der Waals surface area contributed by atoms with Crippen molar-refractivity contribution in [2.75, 3.05) is 0 Å². The van der Waals surface area contributed by atoms with Crippen LogP contribution in [-0.2, 0) is 0 Å². The number of nitrogens with zero attached hydrogens (tertiary/aromatic N) is 1. The molecule has 16 heavy (non-hydrogen) atoms. The molecule has 0 aliphatic carbocycles. The van der Waals surface area contributed by atoms with Gasteiger partial charge in [-0.25, -0.2) is 0 Å². The molecule has 2 rings (SSSR count). The number of ether oxygens (including phenoxy) is 1. The van der Waals surface area contributed by atoms with Gasteiger partial charge in [-0.05, 0) is 19.1 Å². The topological polar surface area (TPSA) is 52.3 Å². The highest BCUT2D eigenvalue weighted by atomic mass is 16.5. The number of carbonyl (C=O) groups is 1. The Morgan fingerprint density at radius 1 is 1.31 bits per heavy atom. The SMILES string of the molecule is CC(=O)c1ccccc1Oc1cnoc1C. The van der Waals surface area contributed by atoms with Crippen LogP contribution < -0.4 is 4.74 Å². The monoisotopic (exact) mass is 217 g/mol. The normalized spacial score (nSPS) is 10.1. The fourth-order valence-corrected chi connectivity index (χ4v) is 1.35. The Morgan fingerprint density at radius 3 is 2.69 bits per heavy atom. The van der Waals surface area contributed by atoms with Crippen LogP contribution in [0.2, 0.25) is 0 Å².